The molecule has 0 bridgehead atoms. The number of aromatic nitrogens is 1. The normalized spacial score (nSPS) is 15.1. The van der Waals surface area contributed by atoms with Crippen molar-refractivity contribution in [1.82, 2.24) is 4.98 Å². The molecular formula is C21H22N2. The Morgan fingerprint density at radius 3 is 2.39 bits per heavy atom. The first-order chi connectivity index (χ1) is 11.3. The lowest BCUT2D eigenvalue weighted by atomic mass is 10.1. The van der Waals surface area contributed by atoms with Crippen molar-refractivity contribution in [3.05, 3.63) is 60.2 Å². The van der Waals surface area contributed by atoms with E-state index in [0.717, 1.165) is 24.3 Å². The molecule has 4 rings (SSSR count). The molecule has 0 aliphatic carbocycles. The van der Waals surface area contributed by atoms with E-state index >= 15 is 0 Å². The Kier molecular flexibility index (Phi) is 3.74. The third-order valence-electron chi connectivity index (χ3n) is 4.74. The van der Waals surface area contributed by atoms with Crippen LogP contribution in [-0.4, -0.2) is 18.1 Å². The van der Waals surface area contributed by atoms with E-state index in [-0.39, 0.29) is 0 Å². The Balaban J connectivity index is 1.81. The molecule has 2 heterocycles. The van der Waals surface area contributed by atoms with Gasteiger partial charge in [-0.1, -0.05) is 48.0 Å². The monoisotopic (exact) mass is 302 g/mol. The van der Waals surface area contributed by atoms with Gasteiger partial charge in [0.15, 0.2) is 0 Å². The molecule has 0 radical (unpaired) electrons. The largest absolute Gasteiger partial charge is 0.370 e. The zero-order chi connectivity index (χ0) is 15.6. The number of pyridine rings is 1. The summed E-state index contributed by atoms with van der Waals surface area (Å²) in [5, 5.41) is 1.23. The number of fused-ring (bicyclic) bond motifs is 1. The van der Waals surface area contributed by atoms with Crippen LogP contribution in [0.3, 0.4) is 0 Å². The standard InChI is InChI=1S/C21H22N2/c1-16-8-10-17(11-9-16)19-13-12-18-6-5-7-20(21(18)22-19)23-14-3-2-4-15-23/h5-13H,2-4,14-15H2,1H3. The molecular weight excluding hydrogens is 280 g/mol. The number of rotatable bonds is 2. The van der Waals surface area contributed by atoms with Crippen LogP contribution in [0.25, 0.3) is 22.2 Å². The van der Waals surface area contributed by atoms with Crippen LogP contribution in [0.2, 0.25) is 0 Å². The smallest absolute Gasteiger partial charge is 0.0942 e. The van der Waals surface area contributed by atoms with E-state index in [9.17, 15) is 0 Å². The van der Waals surface area contributed by atoms with Crippen LogP contribution in [0.5, 0.6) is 0 Å². The highest BCUT2D eigenvalue weighted by Gasteiger charge is 2.14. The van der Waals surface area contributed by atoms with E-state index in [1.807, 2.05) is 0 Å². The van der Waals surface area contributed by atoms with Crippen LogP contribution in [-0.2, 0) is 0 Å². The molecule has 23 heavy (non-hydrogen) atoms. The Morgan fingerprint density at radius 1 is 0.826 bits per heavy atom. The van der Waals surface area contributed by atoms with Gasteiger partial charge in [0.05, 0.1) is 16.9 Å². The first kappa shape index (κ1) is 14.3. The van der Waals surface area contributed by atoms with Crippen LogP contribution in [0, 0.1) is 6.92 Å². The molecule has 2 aromatic carbocycles. The summed E-state index contributed by atoms with van der Waals surface area (Å²) in [4.78, 5) is 7.51. The maximum atomic E-state index is 5.01. The second kappa shape index (κ2) is 6.04. The fourth-order valence-corrected chi connectivity index (χ4v) is 3.41. The van der Waals surface area contributed by atoms with Crippen molar-refractivity contribution in [2.75, 3.05) is 18.0 Å². The number of nitrogens with zero attached hydrogens (tertiary/aromatic N) is 2. The van der Waals surface area contributed by atoms with Crippen LogP contribution < -0.4 is 4.90 Å². The number of piperidine rings is 1. The number of hydrogen-bond donors (Lipinski definition) is 0. The predicted octanol–water partition coefficient (Wildman–Crippen LogP) is 5.20. The summed E-state index contributed by atoms with van der Waals surface area (Å²) in [6.07, 6.45) is 3.92. The van der Waals surface area contributed by atoms with Crippen LogP contribution in [0.15, 0.2) is 54.6 Å². The molecule has 0 N–H and O–H groups in total. The van der Waals surface area contributed by atoms with Crippen molar-refractivity contribution in [3.63, 3.8) is 0 Å². The summed E-state index contributed by atoms with van der Waals surface area (Å²) in [6, 6.07) is 19.5. The molecule has 1 aliphatic heterocycles. The van der Waals surface area contributed by atoms with Gasteiger partial charge in [-0.25, -0.2) is 4.98 Å². The summed E-state index contributed by atoms with van der Waals surface area (Å²) in [7, 11) is 0. The second-order valence-electron chi connectivity index (χ2n) is 6.46. The third kappa shape index (κ3) is 2.81. The lowest BCUT2D eigenvalue weighted by Crippen LogP contribution is -2.29. The van der Waals surface area contributed by atoms with Gasteiger partial charge in [0.1, 0.15) is 0 Å². The molecule has 0 amide bonds. The minimum Gasteiger partial charge on any atom is -0.370 e. The Morgan fingerprint density at radius 2 is 1.61 bits per heavy atom. The highest BCUT2D eigenvalue weighted by Crippen LogP contribution is 2.30. The van der Waals surface area contributed by atoms with Crippen LogP contribution >= 0.6 is 0 Å². The van der Waals surface area contributed by atoms with Gasteiger partial charge < -0.3 is 4.90 Å². The van der Waals surface area contributed by atoms with E-state index < -0.39 is 0 Å². The Labute approximate surface area is 137 Å². The summed E-state index contributed by atoms with van der Waals surface area (Å²) in [6.45, 7) is 4.41. The Hall–Kier alpha value is -2.35. The quantitative estimate of drug-likeness (QED) is 0.646. The molecule has 3 aromatic rings. The van der Waals surface area contributed by atoms with Gasteiger partial charge in [0.2, 0.25) is 0 Å². The van der Waals surface area contributed by atoms with E-state index in [0.29, 0.717) is 0 Å². The maximum Gasteiger partial charge on any atom is 0.0942 e. The summed E-state index contributed by atoms with van der Waals surface area (Å²) in [5.41, 5.74) is 5.94. The zero-order valence-electron chi connectivity index (χ0n) is 13.6. The fraction of sp³-hybridized carbons (Fsp3) is 0.286. The summed E-state index contributed by atoms with van der Waals surface area (Å²) in [5.74, 6) is 0. The first-order valence-electron chi connectivity index (χ1n) is 8.53. The molecule has 1 saturated heterocycles. The van der Waals surface area contributed by atoms with Crippen molar-refractivity contribution in [1.29, 1.82) is 0 Å². The van der Waals surface area contributed by atoms with Gasteiger partial charge in [0.25, 0.3) is 0 Å². The Bertz CT molecular complexity index is 815. The van der Waals surface area contributed by atoms with Gasteiger partial charge in [-0.3, -0.25) is 0 Å². The van der Waals surface area contributed by atoms with Gasteiger partial charge >= 0.3 is 0 Å². The molecule has 2 nitrogen and oxygen atoms in total. The van der Waals surface area contributed by atoms with Crippen molar-refractivity contribution in [2.24, 2.45) is 0 Å². The van der Waals surface area contributed by atoms with Crippen molar-refractivity contribution in [2.45, 2.75) is 26.2 Å². The van der Waals surface area contributed by atoms with Crippen molar-refractivity contribution < 1.29 is 0 Å². The SMILES string of the molecule is Cc1ccc(-c2ccc3cccc(N4CCCCC4)c3n2)cc1. The molecule has 0 unspecified atom stereocenters. The number of para-hydroxylation sites is 1. The third-order valence-corrected chi connectivity index (χ3v) is 4.74. The van der Waals surface area contributed by atoms with Gasteiger partial charge in [-0.05, 0) is 38.3 Å². The molecule has 1 fully saturated rings. The first-order valence-corrected chi connectivity index (χ1v) is 8.53. The van der Waals surface area contributed by atoms with E-state index in [2.05, 4.69) is 66.4 Å². The van der Waals surface area contributed by atoms with Gasteiger partial charge in [-0.15, -0.1) is 0 Å². The second-order valence-corrected chi connectivity index (χ2v) is 6.46. The lowest BCUT2D eigenvalue weighted by Gasteiger charge is -2.29. The predicted molar refractivity (Wildman–Crippen MR) is 98.0 cm³/mol. The van der Waals surface area contributed by atoms with Gasteiger partial charge in [-0.2, -0.15) is 0 Å². The van der Waals surface area contributed by atoms with E-state index in [1.165, 1.54) is 41.5 Å². The van der Waals surface area contributed by atoms with Crippen molar-refractivity contribution in [3.8, 4) is 11.3 Å². The number of hydrogen-bond acceptors (Lipinski definition) is 2. The highest BCUT2D eigenvalue weighted by molar-refractivity contribution is 5.92. The number of aryl methyl sites for hydroxylation is 1. The topological polar surface area (TPSA) is 16.1 Å². The average molecular weight is 302 g/mol. The number of benzene rings is 2. The minimum absolute atomic E-state index is 1.06. The number of anilines is 1. The summed E-state index contributed by atoms with van der Waals surface area (Å²) >= 11 is 0. The maximum absolute atomic E-state index is 5.01. The molecule has 0 saturated carbocycles. The minimum atomic E-state index is 1.06. The molecule has 0 spiro atoms. The van der Waals surface area contributed by atoms with Gasteiger partial charge in [0, 0.05) is 24.0 Å². The molecule has 116 valence electrons. The zero-order valence-corrected chi connectivity index (χ0v) is 13.6. The highest BCUT2D eigenvalue weighted by atomic mass is 15.1. The molecule has 0 atom stereocenters. The summed E-state index contributed by atoms with van der Waals surface area (Å²) < 4.78 is 0. The van der Waals surface area contributed by atoms with E-state index in [1.54, 1.807) is 0 Å². The van der Waals surface area contributed by atoms with E-state index in [4.69, 9.17) is 4.98 Å². The van der Waals surface area contributed by atoms with Crippen LogP contribution in [0.4, 0.5) is 5.69 Å². The molecule has 1 aromatic heterocycles. The molecule has 2 heteroatoms. The average Bonchev–Trinajstić information content (AvgIpc) is 2.62. The van der Waals surface area contributed by atoms with Crippen LogP contribution in [0.1, 0.15) is 24.8 Å². The molecule has 1 aliphatic rings. The lowest BCUT2D eigenvalue weighted by molar-refractivity contribution is 0.579. The fourth-order valence-electron chi connectivity index (χ4n) is 3.41. The van der Waals surface area contributed by atoms with Crippen molar-refractivity contribution >= 4 is 16.6 Å².